The molecule has 6 heteroatoms. The van der Waals surface area contributed by atoms with Crippen molar-refractivity contribution in [1.82, 2.24) is 10.3 Å². The first-order valence-electron chi connectivity index (χ1n) is 8.55. The van der Waals surface area contributed by atoms with Crippen LogP contribution < -0.4 is 10.6 Å². The van der Waals surface area contributed by atoms with E-state index >= 15 is 0 Å². The predicted octanol–water partition coefficient (Wildman–Crippen LogP) is 3.30. The van der Waals surface area contributed by atoms with Gasteiger partial charge in [0.15, 0.2) is 0 Å². The number of rotatable bonds is 7. The number of anilines is 1. The number of ether oxygens (including phenoxy) is 1. The predicted molar refractivity (Wildman–Crippen MR) is 99.2 cm³/mol. The Balaban J connectivity index is 1.48. The molecule has 1 atom stereocenters. The number of pyridine rings is 1. The zero-order chi connectivity index (χ0) is 17.5. The molecule has 0 radical (unpaired) electrons. The summed E-state index contributed by atoms with van der Waals surface area (Å²) in [5.74, 6) is 0.586. The first kappa shape index (κ1) is 17.7. The summed E-state index contributed by atoms with van der Waals surface area (Å²) >= 11 is 5.97. The number of hydrogen-bond donors (Lipinski definition) is 2. The minimum atomic E-state index is -0.107. The molecule has 132 valence electrons. The standard InChI is InChI=1S/C19H22ClN3O2/c20-16-4-1-3-14(11-16)6-8-22-19(24)15-7-9-21-18(12-15)23-13-17-5-2-10-25-17/h1,3-4,7,9,11-12,17H,2,5-6,8,10,13H2,(H,21,23)(H,22,24). The van der Waals surface area contributed by atoms with Crippen molar-refractivity contribution in [2.75, 3.05) is 25.0 Å². The van der Waals surface area contributed by atoms with Gasteiger partial charge in [0, 0.05) is 36.5 Å². The summed E-state index contributed by atoms with van der Waals surface area (Å²) in [6.07, 6.45) is 4.79. The van der Waals surface area contributed by atoms with Crippen molar-refractivity contribution in [2.24, 2.45) is 0 Å². The van der Waals surface area contributed by atoms with Crippen molar-refractivity contribution >= 4 is 23.3 Å². The quantitative estimate of drug-likeness (QED) is 0.796. The van der Waals surface area contributed by atoms with Crippen LogP contribution in [0.5, 0.6) is 0 Å². The Labute approximate surface area is 152 Å². The van der Waals surface area contributed by atoms with Gasteiger partial charge in [0.2, 0.25) is 0 Å². The molecular weight excluding hydrogens is 338 g/mol. The van der Waals surface area contributed by atoms with Gasteiger partial charge in [-0.05, 0) is 49.1 Å². The van der Waals surface area contributed by atoms with Gasteiger partial charge < -0.3 is 15.4 Å². The summed E-state index contributed by atoms with van der Waals surface area (Å²) in [6.45, 7) is 2.10. The van der Waals surface area contributed by atoms with Crippen LogP contribution >= 0.6 is 11.6 Å². The monoisotopic (exact) mass is 359 g/mol. The lowest BCUT2D eigenvalue weighted by atomic mass is 10.1. The van der Waals surface area contributed by atoms with E-state index in [1.807, 2.05) is 24.3 Å². The van der Waals surface area contributed by atoms with Gasteiger partial charge in [-0.15, -0.1) is 0 Å². The van der Waals surface area contributed by atoms with Crippen LogP contribution in [0.4, 0.5) is 5.82 Å². The second kappa shape index (κ2) is 8.83. The molecule has 1 aromatic carbocycles. The summed E-state index contributed by atoms with van der Waals surface area (Å²) in [5, 5.41) is 6.88. The van der Waals surface area contributed by atoms with E-state index in [1.54, 1.807) is 18.3 Å². The lowest BCUT2D eigenvalue weighted by Gasteiger charge is -2.12. The van der Waals surface area contributed by atoms with E-state index in [0.29, 0.717) is 29.5 Å². The van der Waals surface area contributed by atoms with Crippen molar-refractivity contribution < 1.29 is 9.53 Å². The Morgan fingerprint density at radius 1 is 1.32 bits per heavy atom. The number of carbonyl (C=O) groups excluding carboxylic acids is 1. The Morgan fingerprint density at radius 3 is 3.04 bits per heavy atom. The Hall–Kier alpha value is -2.11. The van der Waals surface area contributed by atoms with Crippen LogP contribution in [0.3, 0.4) is 0 Å². The molecule has 2 N–H and O–H groups in total. The normalized spacial score (nSPS) is 16.6. The van der Waals surface area contributed by atoms with E-state index < -0.39 is 0 Å². The second-order valence-corrected chi connectivity index (χ2v) is 6.52. The molecule has 1 aromatic heterocycles. The van der Waals surface area contributed by atoms with Gasteiger partial charge in [-0.1, -0.05) is 23.7 Å². The molecule has 0 saturated carbocycles. The van der Waals surface area contributed by atoms with Crippen LogP contribution in [0, 0.1) is 0 Å². The molecule has 1 saturated heterocycles. The lowest BCUT2D eigenvalue weighted by Crippen LogP contribution is -2.26. The van der Waals surface area contributed by atoms with Crippen LogP contribution in [0.2, 0.25) is 5.02 Å². The van der Waals surface area contributed by atoms with E-state index in [0.717, 1.165) is 31.4 Å². The SMILES string of the molecule is O=C(NCCc1cccc(Cl)c1)c1ccnc(NCC2CCCO2)c1. The first-order valence-corrected chi connectivity index (χ1v) is 8.93. The smallest absolute Gasteiger partial charge is 0.251 e. The molecule has 1 unspecified atom stereocenters. The molecule has 3 rings (SSSR count). The molecule has 1 aliphatic rings. The van der Waals surface area contributed by atoms with E-state index in [4.69, 9.17) is 16.3 Å². The Bertz CT molecular complexity index is 717. The lowest BCUT2D eigenvalue weighted by molar-refractivity contribution is 0.0954. The molecule has 2 aromatic rings. The van der Waals surface area contributed by atoms with Crippen LogP contribution in [-0.4, -0.2) is 36.7 Å². The fourth-order valence-electron chi connectivity index (χ4n) is 2.81. The average molecular weight is 360 g/mol. The number of hydrogen-bond acceptors (Lipinski definition) is 4. The first-order chi connectivity index (χ1) is 12.2. The molecule has 0 spiro atoms. The number of carbonyl (C=O) groups is 1. The third-order valence-electron chi connectivity index (χ3n) is 4.15. The Kier molecular flexibility index (Phi) is 6.25. The molecule has 2 heterocycles. The van der Waals surface area contributed by atoms with Gasteiger partial charge in [-0.2, -0.15) is 0 Å². The van der Waals surface area contributed by atoms with Gasteiger partial charge in [0.1, 0.15) is 5.82 Å². The molecule has 5 nitrogen and oxygen atoms in total. The van der Waals surface area contributed by atoms with Crippen LogP contribution in [0.1, 0.15) is 28.8 Å². The molecular formula is C19H22ClN3O2. The highest BCUT2D eigenvalue weighted by atomic mass is 35.5. The second-order valence-electron chi connectivity index (χ2n) is 6.08. The molecule has 1 amide bonds. The van der Waals surface area contributed by atoms with Gasteiger partial charge in [-0.3, -0.25) is 4.79 Å². The van der Waals surface area contributed by atoms with E-state index in [2.05, 4.69) is 15.6 Å². The van der Waals surface area contributed by atoms with Gasteiger partial charge in [0.25, 0.3) is 5.91 Å². The van der Waals surface area contributed by atoms with E-state index in [1.165, 1.54) is 0 Å². The van der Waals surface area contributed by atoms with Crippen molar-refractivity contribution in [1.29, 1.82) is 0 Å². The summed E-state index contributed by atoms with van der Waals surface area (Å²) in [7, 11) is 0. The highest BCUT2D eigenvalue weighted by Gasteiger charge is 2.15. The summed E-state index contributed by atoms with van der Waals surface area (Å²) in [4.78, 5) is 16.6. The van der Waals surface area contributed by atoms with Gasteiger partial charge in [0.05, 0.1) is 6.10 Å². The zero-order valence-electron chi connectivity index (χ0n) is 14.0. The number of halogens is 1. The fourth-order valence-corrected chi connectivity index (χ4v) is 3.02. The van der Waals surface area contributed by atoms with Crippen LogP contribution in [0.15, 0.2) is 42.6 Å². The largest absolute Gasteiger partial charge is 0.376 e. The third kappa shape index (κ3) is 5.44. The number of amides is 1. The molecule has 25 heavy (non-hydrogen) atoms. The van der Waals surface area contributed by atoms with E-state index in [-0.39, 0.29) is 12.0 Å². The topological polar surface area (TPSA) is 63.2 Å². The number of nitrogens with one attached hydrogen (secondary N) is 2. The fraction of sp³-hybridized carbons (Fsp3) is 0.368. The van der Waals surface area contributed by atoms with Gasteiger partial charge in [-0.25, -0.2) is 4.98 Å². The maximum Gasteiger partial charge on any atom is 0.251 e. The maximum absolute atomic E-state index is 12.3. The van der Waals surface area contributed by atoms with Gasteiger partial charge >= 0.3 is 0 Å². The van der Waals surface area contributed by atoms with Crippen molar-refractivity contribution in [3.05, 3.63) is 58.7 Å². The average Bonchev–Trinajstić information content (AvgIpc) is 3.14. The molecule has 1 fully saturated rings. The van der Waals surface area contributed by atoms with Crippen LogP contribution in [0.25, 0.3) is 0 Å². The summed E-state index contributed by atoms with van der Waals surface area (Å²) in [6, 6.07) is 11.1. The van der Waals surface area contributed by atoms with Crippen molar-refractivity contribution in [3.8, 4) is 0 Å². The highest BCUT2D eigenvalue weighted by Crippen LogP contribution is 2.14. The molecule has 1 aliphatic heterocycles. The summed E-state index contributed by atoms with van der Waals surface area (Å²) in [5.41, 5.74) is 1.69. The van der Waals surface area contributed by atoms with Crippen molar-refractivity contribution in [2.45, 2.75) is 25.4 Å². The highest BCUT2D eigenvalue weighted by molar-refractivity contribution is 6.30. The van der Waals surface area contributed by atoms with E-state index in [9.17, 15) is 4.79 Å². The molecule has 0 aliphatic carbocycles. The minimum absolute atomic E-state index is 0.107. The van der Waals surface area contributed by atoms with Crippen LogP contribution in [-0.2, 0) is 11.2 Å². The maximum atomic E-state index is 12.3. The minimum Gasteiger partial charge on any atom is -0.376 e. The van der Waals surface area contributed by atoms with Crippen molar-refractivity contribution in [3.63, 3.8) is 0 Å². The number of benzene rings is 1. The molecule has 0 bridgehead atoms. The number of aromatic nitrogens is 1. The third-order valence-corrected chi connectivity index (χ3v) is 4.38. The number of nitrogens with zero attached hydrogens (tertiary/aromatic N) is 1. The summed E-state index contributed by atoms with van der Waals surface area (Å²) < 4.78 is 5.58. The Morgan fingerprint density at radius 2 is 2.24 bits per heavy atom. The zero-order valence-corrected chi connectivity index (χ0v) is 14.8.